The van der Waals surface area contributed by atoms with E-state index >= 15 is 0 Å². The molecule has 1 aliphatic heterocycles. The molecule has 3 aliphatic rings. The summed E-state index contributed by atoms with van der Waals surface area (Å²) in [4.78, 5) is 0. The Kier molecular flexibility index (Phi) is 4.19. The van der Waals surface area contributed by atoms with Crippen molar-refractivity contribution in [1.82, 2.24) is 5.32 Å². The summed E-state index contributed by atoms with van der Waals surface area (Å²) in [5.41, 5.74) is 0.280. The summed E-state index contributed by atoms with van der Waals surface area (Å²) in [5, 5.41) is 3.69. The maximum atomic E-state index is 6.21. The van der Waals surface area contributed by atoms with E-state index in [1.807, 2.05) is 0 Å². The molecule has 0 aromatic carbocycles. The molecule has 1 spiro atoms. The summed E-state index contributed by atoms with van der Waals surface area (Å²) in [6.07, 6.45) is 12.3. The number of hydrogen-bond donors (Lipinski definition) is 1. The number of rotatable bonds is 3. The average molecular weight is 265 g/mol. The van der Waals surface area contributed by atoms with Crippen molar-refractivity contribution < 1.29 is 4.74 Å². The second-order valence-electron chi connectivity index (χ2n) is 7.48. The molecular formula is C17H31NO. The molecule has 2 nitrogen and oxygen atoms in total. The van der Waals surface area contributed by atoms with Crippen LogP contribution in [-0.2, 0) is 4.74 Å². The van der Waals surface area contributed by atoms with E-state index in [9.17, 15) is 0 Å². The van der Waals surface area contributed by atoms with Crippen LogP contribution in [0.3, 0.4) is 0 Å². The quantitative estimate of drug-likeness (QED) is 0.839. The van der Waals surface area contributed by atoms with Crippen LogP contribution < -0.4 is 5.32 Å². The molecule has 2 saturated carbocycles. The van der Waals surface area contributed by atoms with Gasteiger partial charge in [0, 0.05) is 12.6 Å². The van der Waals surface area contributed by atoms with Crippen LogP contribution in [0.15, 0.2) is 0 Å². The Morgan fingerprint density at radius 3 is 2.53 bits per heavy atom. The van der Waals surface area contributed by atoms with Gasteiger partial charge in [0.25, 0.3) is 0 Å². The van der Waals surface area contributed by atoms with E-state index in [4.69, 9.17) is 4.74 Å². The lowest BCUT2D eigenvalue weighted by atomic mass is 9.76. The average Bonchev–Trinajstić information content (AvgIpc) is 3.01. The van der Waals surface area contributed by atoms with E-state index in [1.54, 1.807) is 0 Å². The second-order valence-corrected chi connectivity index (χ2v) is 7.48. The number of ether oxygens (including phenoxy) is 1. The van der Waals surface area contributed by atoms with E-state index in [0.29, 0.717) is 0 Å². The van der Waals surface area contributed by atoms with Crippen LogP contribution in [0.1, 0.15) is 64.7 Å². The Labute approximate surface area is 118 Å². The Bertz CT molecular complexity index is 298. The molecule has 0 bridgehead atoms. The molecule has 3 fully saturated rings. The minimum absolute atomic E-state index is 0.280. The maximum absolute atomic E-state index is 6.21. The standard InChI is InChI=1S/C17H31NO/c1-13-5-6-14(11-13)16(18-2)15-7-10-19-17(12-15)8-3-4-9-17/h13-16,18H,3-12H2,1-2H3. The van der Waals surface area contributed by atoms with Gasteiger partial charge >= 0.3 is 0 Å². The second kappa shape index (κ2) is 5.73. The summed E-state index contributed by atoms with van der Waals surface area (Å²) in [6, 6.07) is 0.742. The van der Waals surface area contributed by atoms with E-state index < -0.39 is 0 Å². The molecule has 2 aliphatic carbocycles. The van der Waals surface area contributed by atoms with E-state index in [1.165, 1.54) is 57.8 Å². The van der Waals surface area contributed by atoms with Crippen molar-refractivity contribution in [1.29, 1.82) is 0 Å². The van der Waals surface area contributed by atoms with E-state index in [-0.39, 0.29) is 5.60 Å². The minimum Gasteiger partial charge on any atom is -0.375 e. The molecule has 110 valence electrons. The van der Waals surface area contributed by atoms with Crippen molar-refractivity contribution in [2.75, 3.05) is 13.7 Å². The van der Waals surface area contributed by atoms with Crippen molar-refractivity contribution >= 4 is 0 Å². The van der Waals surface area contributed by atoms with Crippen molar-refractivity contribution in [3.8, 4) is 0 Å². The topological polar surface area (TPSA) is 21.3 Å². The normalized spacial score (nSPS) is 39.8. The van der Waals surface area contributed by atoms with Gasteiger partial charge in [-0.25, -0.2) is 0 Å². The lowest BCUT2D eigenvalue weighted by Crippen LogP contribution is -2.47. The Morgan fingerprint density at radius 2 is 1.89 bits per heavy atom. The van der Waals surface area contributed by atoms with Gasteiger partial charge in [0.15, 0.2) is 0 Å². The van der Waals surface area contributed by atoms with E-state index in [0.717, 1.165) is 30.4 Å². The molecule has 0 aromatic rings. The first-order valence-corrected chi connectivity index (χ1v) is 8.54. The summed E-state index contributed by atoms with van der Waals surface area (Å²) in [6.45, 7) is 3.43. The number of nitrogens with one attached hydrogen (secondary N) is 1. The highest BCUT2D eigenvalue weighted by molar-refractivity contribution is 4.96. The third-order valence-corrected chi connectivity index (χ3v) is 6.13. The summed E-state index contributed by atoms with van der Waals surface area (Å²) in [5.74, 6) is 2.72. The molecule has 2 heteroatoms. The van der Waals surface area contributed by atoms with Gasteiger partial charge in [-0.15, -0.1) is 0 Å². The van der Waals surface area contributed by atoms with Crippen molar-refractivity contribution in [3.63, 3.8) is 0 Å². The molecule has 1 heterocycles. The SMILES string of the molecule is CNC(C1CCC(C)C1)C1CCOC2(CCCC2)C1. The van der Waals surface area contributed by atoms with Crippen LogP contribution in [-0.4, -0.2) is 25.3 Å². The fraction of sp³-hybridized carbons (Fsp3) is 1.00. The van der Waals surface area contributed by atoms with Crippen molar-refractivity contribution in [2.45, 2.75) is 76.4 Å². The molecule has 4 atom stereocenters. The molecule has 1 N–H and O–H groups in total. The summed E-state index contributed by atoms with van der Waals surface area (Å²) in [7, 11) is 2.18. The lowest BCUT2D eigenvalue weighted by Gasteiger charge is -2.43. The highest BCUT2D eigenvalue weighted by Crippen LogP contribution is 2.45. The van der Waals surface area contributed by atoms with Crippen LogP contribution in [0.2, 0.25) is 0 Å². The van der Waals surface area contributed by atoms with Gasteiger partial charge in [-0.05, 0) is 63.3 Å². The molecular weight excluding hydrogens is 234 g/mol. The van der Waals surface area contributed by atoms with Crippen LogP contribution in [0, 0.1) is 17.8 Å². The predicted molar refractivity (Wildman–Crippen MR) is 79.2 cm³/mol. The molecule has 0 aromatic heterocycles. The predicted octanol–water partition coefficient (Wildman–Crippen LogP) is 3.75. The third-order valence-electron chi connectivity index (χ3n) is 6.13. The monoisotopic (exact) mass is 265 g/mol. The van der Waals surface area contributed by atoms with Crippen LogP contribution in [0.5, 0.6) is 0 Å². The molecule has 0 radical (unpaired) electrons. The Hall–Kier alpha value is -0.0800. The van der Waals surface area contributed by atoms with Gasteiger partial charge in [0.05, 0.1) is 5.60 Å². The molecule has 3 rings (SSSR count). The fourth-order valence-electron chi connectivity index (χ4n) is 5.17. The highest BCUT2D eigenvalue weighted by Gasteiger charge is 2.43. The maximum Gasteiger partial charge on any atom is 0.0685 e. The van der Waals surface area contributed by atoms with Crippen molar-refractivity contribution in [3.05, 3.63) is 0 Å². The van der Waals surface area contributed by atoms with Gasteiger partial charge in [0.2, 0.25) is 0 Å². The van der Waals surface area contributed by atoms with Gasteiger partial charge in [0.1, 0.15) is 0 Å². The largest absolute Gasteiger partial charge is 0.375 e. The zero-order valence-corrected chi connectivity index (χ0v) is 12.8. The van der Waals surface area contributed by atoms with Gasteiger partial charge in [-0.2, -0.15) is 0 Å². The summed E-state index contributed by atoms with van der Waals surface area (Å²) < 4.78 is 6.21. The first kappa shape index (κ1) is 13.9. The number of hydrogen-bond acceptors (Lipinski definition) is 2. The first-order valence-electron chi connectivity index (χ1n) is 8.54. The van der Waals surface area contributed by atoms with Crippen LogP contribution >= 0.6 is 0 Å². The highest BCUT2D eigenvalue weighted by atomic mass is 16.5. The molecule has 1 saturated heterocycles. The Balaban J connectivity index is 1.65. The van der Waals surface area contributed by atoms with Crippen LogP contribution in [0.4, 0.5) is 0 Å². The lowest BCUT2D eigenvalue weighted by molar-refractivity contribution is -0.100. The minimum atomic E-state index is 0.280. The van der Waals surface area contributed by atoms with Gasteiger partial charge in [-0.1, -0.05) is 26.2 Å². The van der Waals surface area contributed by atoms with Crippen molar-refractivity contribution in [2.24, 2.45) is 17.8 Å². The van der Waals surface area contributed by atoms with Crippen LogP contribution in [0.25, 0.3) is 0 Å². The zero-order valence-electron chi connectivity index (χ0n) is 12.8. The van der Waals surface area contributed by atoms with E-state index in [2.05, 4.69) is 19.3 Å². The van der Waals surface area contributed by atoms with Gasteiger partial charge in [-0.3, -0.25) is 0 Å². The first-order chi connectivity index (χ1) is 9.22. The summed E-state index contributed by atoms with van der Waals surface area (Å²) >= 11 is 0. The molecule has 0 amide bonds. The van der Waals surface area contributed by atoms with Gasteiger partial charge < -0.3 is 10.1 Å². The smallest absolute Gasteiger partial charge is 0.0685 e. The molecule has 4 unspecified atom stereocenters. The molecule has 19 heavy (non-hydrogen) atoms. The zero-order chi connectivity index (χ0) is 13.3. The fourth-order valence-corrected chi connectivity index (χ4v) is 5.17. The Morgan fingerprint density at radius 1 is 1.11 bits per heavy atom. The third kappa shape index (κ3) is 2.85.